The van der Waals surface area contributed by atoms with Crippen LogP contribution in [0.5, 0.6) is 0 Å². The number of nitrogens with one attached hydrogen (secondary N) is 1. The fourth-order valence-electron chi connectivity index (χ4n) is 3.16. The Morgan fingerprint density at radius 3 is 2.62 bits per heavy atom. The number of aromatic nitrogens is 2. The first-order valence-electron chi connectivity index (χ1n) is 8.73. The maximum Gasteiger partial charge on any atom is 0.193 e. The van der Waals surface area contributed by atoms with E-state index in [0.29, 0.717) is 5.41 Å². The number of rotatable bonds is 4. The van der Waals surface area contributed by atoms with Crippen LogP contribution in [-0.4, -0.2) is 47.3 Å². The van der Waals surface area contributed by atoms with Gasteiger partial charge < -0.3 is 10.2 Å². The molecule has 2 heterocycles. The minimum Gasteiger partial charge on any atom is -0.356 e. The summed E-state index contributed by atoms with van der Waals surface area (Å²) in [6, 6.07) is 8.33. The Balaban J connectivity index is 0.00000243. The number of aliphatic imine (C=N–C) groups is 1. The zero-order chi connectivity index (χ0) is 17.9. The van der Waals surface area contributed by atoms with Crippen molar-refractivity contribution in [2.24, 2.45) is 10.4 Å². The fourth-order valence-corrected chi connectivity index (χ4v) is 3.16. The molecular formula is C19H27FIN5. The number of benzene rings is 1. The minimum absolute atomic E-state index is 0. The Labute approximate surface area is 171 Å². The summed E-state index contributed by atoms with van der Waals surface area (Å²) in [5.41, 5.74) is 2.20. The van der Waals surface area contributed by atoms with Gasteiger partial charge in [-0.05, 0) is 42.2 Å². The molecule has 0 saturated carbocycles. The molecule has 3 rings (SSSR count). The molecule has 0 atom stereocenters. The summed E-state index contributed by atoms with van der Waals surface area (Å²) in [5.74, 6) is 0.723. The zero-order valence-corrected chi connectivity index (χ0v) is 17.9. The Hall–Kier alpha value is -1.64. The largest absolute Gasteiger partial charge is 0.356 e. The molecule has 0 unspecified atom stereocenters. The van der Waals surface area contributed by atoms with Gasteiger partial charge in [0.05, 0.1) is 11.4 Å². The third kappa shape index (κ3) is 5.18. The Kier molecular flexibility index (Phi) is 7.02. The van der Waals surface area contributed by atoms with Crippen LogP contribution in [0.1, 0.15) is 26.0 Å². The van der Waals surface area contributed by atoms with Crippen LogP contribution in [0.4, 0.5) is 4.39 Å². The van der Waals surface area contributed by atoms with Gasteiger partial charge in [0.25, 0.3) is 0 Å². The molecule has 1 aromatic carbocycles. The van der Waals surface area contributed by atoms with Gasteiger partial charge in [-0.25, -0.2) is 9.07 Å². The van der Waals surface area contributed by atoms with Crippen molar-refractivity contribution in [3.8, 4) is 5.69 Å². The van der Waals surface area contributed by atoms with Crippen molar-refractivity contribution in [1.82, 2.24) is 20.0 Å². The summed E-state index contributed by atoms with van der Waals surface area (Å²) < 4.78 is 14.8. The molecule has 1 fully saturated rings. The first kappa shape index (κ1) is 20.7. The summed E-state index contributed by atoms with van der Waals surface area (Å²) in [7, 11) is 1.83. The molecule has 26 heavy (non-hydrogen) atoms. The summed E-state index contributed by atoms with van der Waals surface area (Å²) >= 11 is 0. The van der Waals surface area contributed by atoms with E-state index in [4.69, 9.17) is 0 Å². The number of likely N-dealkylation sites (tertiary alicyclic amines) is 1. The third-order valence-electron chi connectivity index (χ3n) is 4.59. The van der Waals surface area contributed by atoms with Gasteiger partial charge in [-0.15, -0.1) is 24.0 Å². The third-order valence-corrected chi connectivity index (χ3v) is 4.59. The van der Waals surface area contributed by atoms with E-state index >= 15 is 0 Å². The molecule has 0 aliphatic carbocycles. The predicted octanol–water partition coefficient (Wildman–Crippen LogP) is 3.48. The lowest BCUT2D eigenvalue weighted by molar-refractivity contribution is 0.370. The van der Waals surface area contributed by atoms with Crippen LogP contribution in [0.15, 0.2) is 41.5 Å². The molecule has 0 radical (unpaired) electrons. The molecule has 0 bridgehead atoms. The second-order valence-corrected chi connectivity index (χ2v) is 7.29. The molecule has 0 amide bonds. The summed E-state index contributed by atoms with van der Waals surface area (Å²) in [6.07, 6.45) is 3.90. The van der Waals surface area contributed by atoms with Gasteiger partial charge >= 0.3 is 0 Å². The summed E-state index contributed by atoms with van der Waals surface area (Å²) in [4.78, 5) is 6.71. The molecule has 2 aromatic rings. The lowest BCUT2D eigenvalue weighted by atomic mass is 9.93. The molecule has 1 aromatic heterocycles. The number of hydrogen-bond acceptors (Lipinski definition) is 2. The Morgan fingerprint density at radius 1 is 1.27 bits per heavy atom. The maximum atomic E-state index is 13.0. The van der Waals surface area contributed by atoms with E-state index in [0.717, 1.165) is 43.4 Å². The van der Waals surface area contributed by atoms with E-state index in [1.165, 1.54) is 18.6 Å². The van der Waals surface area contributed by atoms with Gasteiger partial charge in [-0.3, -0.25) is 4.99 Å². The second kappa shape index (κ2) is 8.83. The Bertz CT molecular complexity index is 739. The van der Waals surface area contributed by atoms with Gasteiger partial charge in [-0.1, -0.05) is 13.8 Å². The lowest BCUT2D eigenvalue weighted by Gasteiger charge is -2.23. The van der Waals surface area contributed by atoms with Crippen LogP contribution >= 0.6 is 24.0 Å². The van der Waals surface area contributed by atoms with Crippen LogP contribution in [0.2, 0.25) is 0 Å². The first-order valence-corrected chi connectivity index (χ1v) is 8.73. The van der Waals surface area contributed by atoms with Crippen LogP contribution in [-0.2, 0) is 6.42 Å². The molecule has 5 nitrogen and oxygen atoms in total. The summed E-state index contributed by atoms with van der Waals surface area (Å²) in [6.45, 7) is 7.45. The lowest BCUT2D eigenvalue weighted by Crippen LogP contribution is -2.41. The standard InChI is InChI=1S/C19H26FN5.HI/c1-19(2)10-13-24(14-19)18(21-3)22-11-8-16-9-12-25(23-16)17-6-4-15(20)5-7-17;/h4-7,9,12H,8,10-11,13-14H2,1-3H3,(H,21,22);1H. The molecule has 1 aliphatic rings. The van der Waals surface area contributed by atoms with E-state index < -0.39 is 0 Å². The van der Waals surface area contributed by atoms with E-state index in [9.17, 15) is 4.39 Å². The van der Waals surface area contributed by atoms with Crippen molar-refractivity contribution in [2.45, 2.75) is 26.7 Å². The topological polar surface area (TPSA) is 45.5 Å². The van der Waals surface area contributed by atoms with Crippen molar-refractivity contribution >= 4 is 29.9 Å². The van der Waals surface area contributed by atoms with Crippen molar-refractivity contribution in [3.05, 3.63) is 48.0 Å². The van der Waals surface area contributed by atoms with Crippen LogP contribution in [0, 0.1) is 11.2 Å². The second-order valence-electron chi connectivity index (χ2n) is 7.29. The van der Waals surface area contributed by atoms with Crippen molar-refractivity contribution < 1.29 is 4.39 Å². The van der Waals surface area contributed by atoms with Gasteiger partial charge in [0.15, 0.2) is 5.96 Å². The normalized spacial score (nSPS) is 16.5. The van der Waals surface area contributed by atoms with Crippen molar-refractivity contribution in [2.75, 3.05) is 26.7 Å². The van der Waals surface area contributed by atoms with E-state index in [2.05, 4.69) is 34.2 Å². The highest BCUT2D eigenvalue weighted by molar-refractivity contribution is 14.0. The van der Waals surface area contributed by atoms with Gasteiger partial charge in [0, 0.05) is 39.3 Å². The van der Waals surface area contributed by atoms with Gasteiger partial charge in [0.1, 0.15) is 5.82 Å². The van der Waals surface area contributed by atoms with Crippen molar-refractivity contribution in [1.29, 1.82) is 0 Å². The highest BCUT2D eigenvalue weighted by Crippen LogP contribution is 2.28. The molecule has 1 aliphatic heterocycles. The zero-order valence-electron chi connectivity index (χ0n) is 15.6. The van der Waals surface area contributed by atoms with Crippen LogP contribution < -0.4 is 5.32 Å². The quantitative estimate of drug-likeness (QED) is 0.422. The van der Waals surface area contributed by atoms with Gasteiger partial charge in [-0.2, -0.15) is 5.10 Å². The number of halogens is 2. The smallest absolute Gasteiger partial charge is 0.193 e. The Morgan fingerprint density at radius 2 is 2.00 bits per heavy atom. The summed E-state index contributed by atoms with van der Waals surface area (Å²) in [5, 5.41) is 7.99. The number of nitrogens with zero attached hydrogens (tertiary/aromatic N) is 4. The number of guanidine groups is 1. The molecule has 0 spiro atoms. The highest BCUT2D eigenvalue weighted by atomic mass is 127. The number of hydrogen-bond donors (Lipinski definition) is 1. The first-order chi connectivity index (χ1) is 12.0. The average molecular weight is 471 g/mol. The monoisotopic (exact) mass is 471 g/mol. The molecular weight excluding hydrogens is 444 g/mol. The molecule has 7 heteroatoms. The van der Waals surface area contributed by atoms with E-state index in [-0.39, 0.29) is 29.8 Å². The van der Waals surface area contributed by atoms with E-state index in [1.807, 2.05) is 19.3 Å². The molecule has 1 saturated heterocycles. The van der Waals surface area contributed by atoms with Crippen LogP contribution in [0.25, 0.3) is 5.69 Å². The fraction of sp³-hybridized carbons (Fsp3) is 0.474. The van der Waals surface area contributed by atoms with Gasteiger partial charge in [0.2, 0.25) is 0 Å². The van der Waals surface area contributed by atoms with Crippen LogP contribution in [0.3, 0.4) is 0 Å². The molecule has 1 N–H and O–H groups in total. The average Bonchev–Trinajstić information content (AvgIpc) is 3.19. The minimum atomic E-state index is -0.239. The predicted molar refractivity (Wildman–Crippen MR) is 114 cm³/mol. The molecule has 142 valence electrons. The van der Waals surface area contributed by atoms with E-state index in [1.54, 1.807) is 16.8 Å². The van der Waals surface area contributed by atoms with Crippen molar-refractivity contribution in [3.63, 3.8) is 0 Å². The highest BCUT2D eigenvalue weighted by Gasteiger charge is 2.30. The SMILES string of the molecule is CN=C(NCCc1ccn(-c2ccc(F)cc2)n1)N1CCC(C)(C)C1.I. The maximum absolute atomic E-state index is 13.0.